The molecular formula is C23H22O13. The number of hydrogen-bond donors (Lipinski definition) is 7. The van der Waals surface area contributed by atoms with Crippen molar-refractivity contribution < 1.29 is 59.2 Å². The molecule has 5 atom stereocenters. The molecule has 1 aliphatic rings. The lowest BCUT2D eigenvalue weighted by atomic mass is 10.1. The summed E-state index contributed by atoms with van der Waals surface area (Å²) in [5.74, 6) is -3.77. The first-order valence-electron chi connectivity index (χ1n) is 10.5. The molecule has 0 saturated carbocycles. The highest BCUT2D eigenvalue weighted by Crippen LogP contribution is 2.39. The lowest BCUT2D eigenvalue weighted by molar-refractivity contribution is -0.156. The standard InChI is InChI=1S/C23H22O13/c1-8(24)33-7-14(29)21-18(31)19(32)23(35-21)36-22-17(30)16-13(28)5-10(25)6-15(16)34-20(22)9-2-3-11(26)12(27)4-9/h2-6,14,18-19,21,23,25-29,31-32H,7H2,1H3. The number of hydrogen-bond acceptors (Lipinski definition) is 13. The summed E-state index contributed by atoms with van der Waals surface area (Å²) in [5, 5.41) is 70.2. The van der Waals surface area contributed by atoms with Gasteiger partial charge in [0.1, 0.15) is 53.5 Å². The van der Waals surface area contributed by atoms with Gasteiger partial charge in [0.2, 0.25) is 17.5 Å². The molecule has 0 aliphatic carbocycles. The molecule has 0 spiro atoms. The van der Waals surface area contributed by atoms with E-state index >= 15 is 0 Å². The molecule has 7 N–H and O–H groups in total. The van der Waals surface area contributed by atoms with Gasteiger partial charge in [0.15, 0.2) is 17.3 Å². The van der Waals surface area contributed by atoms with Crippen molar-refractivity contribution in [3.63, 3.8) is 0 Å². The number of esters is 1. The van der Waals surface area contributed by atoms with E-state index in [1.807, 2.05) is 0 Å². The van der Waals surface area contributed by atoms with Crippen LogP contribution in [0.1, 0.15) is 6.92 Å². The third-order valence-corrected chi connectivity index (χ3v) is 5.48. The molecule has 1 aromatic heterocycles. The maximum Gasteiger partial charge on any atom is 0.302 e. The monoisotopic (exact) mass is 506 g/mol. The van der Waals surface area contributed by atoms with Crippen molar-refractivity contribution in [1.82, 2.24) is 0 Å². The number of phenols is 4. The van der Waals surface area contributed by atoms with Crippen molar-refractivity contribution in [2.75, 3.05) is 6.61 Å². The maximum atomic E-state index is 13.3. The summed E-state index contributed by atoms with van der Waals surface area (Å²) in [7, 11) is 0. The third-order valence-electron chi connectivity index (χ3n) is 5.48. The fourth-order valence-corrected chi connectivity index (χ4v) is 3.73. The fourth-order valence-electron chi connectivity index (χ4n) is 3.73. The largest absolute Gasteiger partial charge is 0.508 e. The van der Waals surface area contributed by atoms with Crippen LogP contribution in [0.25, 0.3) is 22.3 Å². The minimum Gasteiger partial charge on any atom is -0.508 e. The molecule has 4 rings (SSSR count). The summed E-state index contributed by atoms with van der Waals surface area (Å²) in [5.41, 5.74) is -1.21. The lowest BCUT2D eigenvalue weighted by Crippen LogP contribution is -2.41. The highest BCUT2D eigenvalue weighted by atomic mass is 16.7. The van der Waals surface area contributed by atoms with Crippen LogP contribution >= 0.6 is 0 Å². The zero-order valence-electron chi connectivity index (χ0n) is 18.6. The number of aliphatic hydroxyl groups is 3. The third kappa shape index (κ3) is 4.59. The van der Waals surface area contributed by atoms with Crippen LogP contribution in [0.2, 0.25) is 0 Å². The van der Waals surface area contributed by atoms with Crippen LogP contribution in [0, 0.1) is 0 Å². The normalized spacial score (nSPS) is 22.4. The Morgan fingerprint density at radius 1 is 1.03 bits per heavy atom. The van der Waals surface area contributed by atoms with Crippen molar-refractivity contribution in [3.05, 3.63) is 40.6 Å². The predicted octanol–water partition coefficient (Wildman–Crippen LogP) is 0.0319. The quantitative estimate of drug-likeness (QED) is 0.174. The average molecular weight is 506 g/mol. The van der Waals surface area contributed by atoms with Crippen LogP contribution in [0.3, 0.4) is 0 Å². The zero-order valence-corrected chi connectivity index (χ0v) is 18.6. The Morgan fingerprint density at radius 3 is 2.42 bits per heavy atom. The van der Waals surface area contributed by atoms with Crippen molar-refractivity contribution in [2.45, 2.75) is 37.6 Å². The first-order chi connectivity index (χ1) is 17.0. The zero-order chi connectivity index (χ0) is 26.3. The number of aliphatic hydroxyl groups excluding tert-OH is 3. The SMILES string of the molecule is CC(=O)OCC(O)C1OC(Oc2c(-c3ccc(O)c(O)c3)oc3cc(O)cc(O)c3c2=O)C(O)C1O. The van der Waals surface area contributed by atoms with E-state index in [1.165, 1.54) is 6.07 Å². The molecule has 1 saturated heterocycles. The summed E-state index contributed by atoms with van der Waals surface area (Å²) >= 11 is 0. The number of carbonyl (C=O) groups is 1. The Hall–Kier alpha value is -4.04. The summed E-state index contributed by atoms with van der Waals surface area (Å²) < 4.78 is 21.3. The fraction of sp³-hybridized carbons (Fsp3) is 0.304. The average Bonchev–Trinajstić information content (AvgIpc) is 3.09. The van der Waals surface area contributed by atoms with Crippen molar-refractivity contribution >= 4 is 16.9 Å². The second-order valence-corrected chi connectivity index (χ2v) is 8.07. The second kappa shape index (κ2) is 9.54. The molecule has 192 valence electrons. The van der Waals surface area contributed by atoms with Crippen LogP contribution < -0.4 is 10.2 Å². The first-order valence-corrected chi connectivity index (χ1v) is 10.5. The molecule has 0 radical (unpaired) electrons. The predicted molar refractivity (Wildman–Crippen MR) is 119 cm³/mol. The van der Waals surface area contributed by atoms with Crippen LogP contribution in [0.5, 0.6) is 28.7 Å². The van der Waals surface area contributed by atoms with Gasteiger partial charge in [-0.3, -0.25) is 9.59 Å². The number of benzene rings is 2. The highest BCUT2D eigenvalue weighted by molar-refractivity contribution is 5.88. The van der Waals surface area contributed by atoms with Gasteiger partial charge in [-0.1, -0.05) is 0 Å². The molecule has 1 fully saturated rings. The van der Waals surface area contributed by atoms with Gasteiger partial charge >= 0.3 is 5.97 Å². The van der Waals surface area contributed by atoms with Crippen molar-refractivity contribution in [3.8, 4) is 40.1 Å². The number of fused-ring (bicyclic) bond motifs is 1. The van der Waals surface area contributed by atoms with Crippen LogP contribution in [0.15, 0.2) is 39.5 Å². The Bertz CT molecular complexity index is 1360. The molecule has 1 aliphatic heterocycles. The molecular weight excluding hydrogens is 484 g/mol. The summed E-state index contributed by atoms with van der Waals surface area (Å²) in [6, 6.07) is 5.35. The topological polar surface area (TPSA) is 217 Å². The van der Waals surface area contributed by atoms with Gasteiger partial charge < -0.3 is 54.4 Å². The van der Waals surface area contributed by atoms with E-state index < -0.39 is 82.8 Å². The summed E-state index contributed by atoms with van der Waals surface area (Å²) in [6.45, 7) is 0.556. The van der Waals surface area contributed by atoms with Gasteiger partial charge in [-0.2, -0.15) is 0 Å². The van der Waals surface area contributed by atoms with Gasteiger partial charge in [-0.15, -0.1) is 0 Å². The minimum atomic E-state index is -1.79. The molecule has 5 unspecified atom stereocenters. The molecule has 36 heavy (non-hydrogen) atoms. The highest BCUT2D eigenvalue weighted by Gasteiger charge is 2.48. The summed E-state index contributed by atoms with van der Waals surface area (Å²) in [4.78, 5) is 24.3. The summed E-state index contributed by atoms with van der Waals surface area (Å²) in [6.07, 6.45) is -8.25. The van der Waals surface area contributed by atoms with E-state index in [4.69, 9.17) is 13.9 Å². The number of rotatable bonds is 6. The Kier molecular flexibility index (Phi) is 6.65. The van der Waals surface area contributed by atoms with Crippen molar-refractivity contribution in [1.29, 1.82) is 0 Å². The first kappa shape index (κ1) is 25.1. The Morgan fingerprint density at radius 2 is 1.75 bits per heavy atom. The van der Waals surface area contributed by atoms with Gasteiger partial charge in [0, 0.05) is 24.6 Å². The van der Waals surface area contributed by atoms with E-state index in [2.05, 4.69) is 4.74 Å². The molecule has 0 amide bonds. The van der Waals surface area contributed by atoms with Crippen LogP contribution in [-0.2, 0) is 14.3 Å². The van der Waals surface area contributed by atoms with Crippen molar-refractivity contribution in [2.24, 2.45) is 0 Å². The second-order valence-electron chi connectivity index (χ2n) is 8.07. The minimum absolute atomic E-state index is 0.0154. The number of ether oxygens (including phenoxy) is 3. The molecule has 2 heterocycles. The molecule has 3 aromatic rings. The van der Waals surface area contributed by atoms with E-state index in [9.17, 15) is 45.3 Å². The molecule has 2 aromatic carbocycles. The number of aromatic hydroxyl groups is 4. The van der Waals surface area contributed by atoms with E-state index in [-0.39, 0.29) is 16.9 Å². The van der Waals surface area contributed by atoms with Gasteiger partial charge in [0.05, 0.1) is 0 Å². The number of carbonyl (C=O) groups excluding carboxylic acids is 1. The Labute approximate surface area is 201 Å². The number of phenolic OH excluding ortho intramolecular Hbond substituents is 4. The Balaban J connectivity index is 1.78. The van der Waals surface area contributed by atoms with Gasteiger partial charge in [0.25, 0.3) is 0 Å². The lowest BCUT2D eigenvalue weighted by Gasteiger charge is -2.20. The molecule has 13 heteroatoms. The van der Waals surface area contributed by atoms with Crippen LogP contribution in [-0.4, -0.2) is 79.0 Å². The van der Waals surface area contributed by atoms with Crippen LogP contribution in [0.4, 0.5) is 0 Å². The molecule has 0 bridgehead atoms. The molecule has 13 nitrogen and oxygen atoms in total. The van der Waals surface area contributed by atoms with E-state index in [1.54, 1.807) is 0 Å². The van der Waals surface area contributed by atoms with Gasteiger partial charge in [-0.25, -0.2) is 0 Å². The van der Waals surface area contributed by atoms with E-state index in [0.717, 1.165) is 31.2 Å². The van der Waals surface area contributed by atoms with Gasteiger partial charge in [-0.05, 0) is 18.2 Å². The van der Waals surface area contributed by atoms with E-state index in [0.29, 0.717) is 0 Å². The maximum absolute atomic E-state index is 13.3. The smallest absolute Gasteiger partial charge is 0.302 e.